The molecule has 0 aliphatic heterocycles. The number of benzene rings is 2. The van der Waals surface area contributed by atoms with Gasteiger partial charge in [0.25, 0.3) is 0 Å². The smallest absolute Gasteiger partial charge is 0.312 e. The Morgan fingerprint density at radius 3 is 2.90 bits per heavy atom. The molecule has 0 aliphatic carbocycles. The minimum absolute atomic E-state index is 0.0202. The second kappa shape index (κ2) is 5.75. The fourth-order valence-corrected chi connectivity index (χ4v) is 2.04. The number of carbonyl (C=O) groups excluding carboxylic acids is 1. The Labute approximate surface area is 120 Å². The first-order chi connectivity index (χ1) is 10.2. The molecular weight excluding hydrogens is 273 g/mol. The van der Waals surface area contributed by atoms with Crippen LogP contribution in [0.4, 0.5) is 4.39 Å². The molecule has 3 aromatic rings. The van der Waals surface area contributed by atoms with E-state index in [1.807, 2.05) is 18.2 Å². The number of aromatic nitrogens is 1. The quantitative estimate of drug-likeness (QED) is 0.690. The molecule has 4 nitrogen and oxygen atoms in total. The molecule has 0 atom stereocenters. The Morgan fingerprint density at radius 2 is 2.05 bits per heavy atom. The van der Waals surface area contributed by atoms with E-state index < -0.39 is 5.97 Å². The number of rotatable bonds is 4. The van der Waals surface area contributed by atoms with Crippen LogP contribution in [0.5, 0.6) is 0 Å². The third-order valence-electron chi connectivity index (χ3n) is 3.05. The van der Waals surface area contributed by atoms with Crippen molar-refractivity contribution in [2.45, 2.75) is 13.0 Å². The molecule has 0 amide bonds. The maximum atomic E-state index is 13.0. The van der Waals surface area contributed by atoms with Gasteiger partial charge in [0.2, 0.25) is 0 Å². The highest BCUT2D eigenvalue weighted by Crippen LogP contribution is 2.18. The second-order valence-electron chi connectivity index (χ2n) is 4.59. The third kappa shape index (κ3) is 3.08. The van der Waals surface area contributed by atoms with Gasteiger partial charge in [0.05, 0.1) is 6.42 Å². The van der Waals surface area contributed by atoms with Crippen LogP contribution in [0.3, 0.4) is 0 Å². The van der Waals surface area contributed by atoms with Gasteiger partial charge in [0, 0.05) is 5.39 Å². The van der Waals surface area contributed by atoms with E-state index in [1.165, 1.54) is 12.1 Å². The van der Waals surface area contributed by atoms with Crippen molar-refractivity contribution >= 4 is 16.9 Å². The molecule has 0 N–H and O–H groups in total. The lowest BCUT2D eigenvalue weighted by atomic mass is 10.2. The van der Waals surface area contributed by atoms with E-state index in [-0.39, 0.29) is 18.8 Å². The number of hydrogen-bond acceptors (Lipinski definition) is 4. The van der Waals surface area contributed by atoms with Gasteiger partial charge < -0.3 is 9.26 Å². The first-order valence-corrected chi connectivity index (χ1v) is 6.46. The van der Waals surface area contributed by atoms with Gasteiger partial charge in [-0.1, -0.05) is 29.4 Å². The van der Waals surface area contributed by atoms with Crippen molar-refractivity contribution in [3.05, 3.63) is 65.6 Å². The minimum Gasteiger partial charge on any atom is -0.461 e. The van der Waals surface area contributed by atoms with Crippen LogP contribution < -0.4 is 0 Å². The lowest BCUT2D eigenvalue weighted by Gasteiger charge is -2.04. The summed E-state index contributed by atoms with van der Waals surface area (Å²) in [5, 5.41) is 4.66. The summed E-state index contributed by atoms with van der Waals surface area (Å²) in [6.07, 6.45) is 0.0202. The molecule has 1 aromatic heterocycles. The zero-order valence-electron chi connectivity index (χ0n) is 11.1. The van der Waals surface area contributed by atoms with Gasteiger partial charge in [-0.05, 0) is 29.8 Å². The van der Waals surface area contributed by atoms with Crippen LogP contribution in [0.2, 0.25) is 0 Å². The standard InChI is InChI=1S/C16H12FNO3/c17-12-5-3-4-11(8-12)10-20-16(19)9-14-13-6-1-2-7-15(13)21-18-14/h1-8H,9-10H2. The number of hydrogen-bond donors (Lipinski definition) is 0. The fraction of sp³-hybridized carbons (Fsp3) is 0.125. The molecule has 0 spiro atoms. The number of fused-ring (bicyclic) bond motifs is 1. The van der Waals surface area contributed by atoms with Crippen molar-refractivity contribution in [2.75, 3.05) is 0 Å². The SMILES string of the molecule is O=C(Cc1noc2ccccc12)OCc1cccc(F)c1. The second-order valence-corrected chi connectivity index (χ2v) is 4.59. The minimum atomic E-state index is -0.432. The Hall–Kier alpha value is -2.69. The van der Waals surface area contributed by atoms with Gasteiger partial charge in [0.1, 0.15) is 18.1 Å². The lowest BCUT2D eigenvalue weighted by molar-refractivity contribution is -0.144. The van der Waals surface area contributed by atoms with E-state index >= 15 is 0 Å². The van der Waals surface area contributed by atoms with Crippen molar-refractivity contribution in [3.8, 4) is 0 Å². The average molecular weight is 285 g/mol. The molecular formula is C16H12FNO3. The van der Waals surface area contributed by atoms with Crippen LogP contribution in [0.25, 0.3) is 11.0 Å². The van der Waals surface area contributed by atoms with Gasteiger partial charge in [-0.2, -0.15) is 0 Å². The van der Waals surface area contributed by atoms with Crippen molar-refractivity contribution in [3.63, 3.8) is 0 Å². The van der Waals surface area contributed by atoms with Gasteiger partial charge in [0.15, 0.2) is 5.58 Å². The molecule has 2 aromatic carbocycles. The molecule has 21 heavy (non-hydrogen) atoms. The van der Waals surface area contributed by atoms with Crippen LogP contribution in [-0.2, 0) is 22.6 Å². The zero-order chi connectivity index (χ0) is 14.7. The van der Waals surface area contributed by atoms with Crippen molar-refractivity contribution in [1.29, 1.82) is 0 Å². The summed E-state index contributed by atoms with van der Waals surface area (Å²) in [7, 11) is 0. The van der Waals surface area contributed by atoms with Crippen LogP contribution in [0, 0.1) is 5.82 Å². The molecule has 0 unspecified atom stereocenters. The molecule has 0 saturated heterocycles. The monoisotopic (exact) mass is 285 g/mol. The van der Waals surface area contributed by atoms with Crippen LogP contribution >= 0.6 is 0 Å². The Morgan fingerprint density at radius 1 is 1.19 bits per heavy atom. The van der Waals surface area contributed by atoms with E-state index in [2.05, 4.69) is 5.16 Å². The fourth-order valence-electron chi connectivity index (χ4n) is 2.04. The maximum absolute atomic E-state index is 13.0. The van der Waals surface area contributed by atoms with Crippen LogP contribution in [-0.4, -0.2) is 11.1 Å². The molecule has 0 aliphatic rings. The van der Waals surface area contributed by atoms with Crippen molar-refractivity contribution in [1.82, 2.24) is 5.16 Å². The highest BCUT2D eigenvalue weighted by molar-refractivity contribution is 5.84. The lowest BCUT2D eigenvalue weighted by Crippen LogP contribution is -2.08. The highest BCUT2D eigenvalue weighted by Gasteiger charge is 2.13. The maximum Gasteiger partial charge on any atom is 0.312 e. The summed E-state index contributed by atoms with van der Waals surface area (Å²) in [6.45, 7) is 0.0341. The summed E-state index contributed by atoms with van der Waals surface area (Å²) in [5.74, 6) is -0.788. The number of nitrogens with zero attached hydrogens (tertiary/aromatic N) is 1. The van der Waals surface area contributed by atoms with Crippen LogP contribution in [0.15, 0.2) is 53.1 Å². The zero-order valence-corrected chi connectivity index (χ0v) is 11.1. The summed E-state index contributed by atoms with van der Waals surface area (Å²) in [5.41, 5.74) is 1.77. The molecule has 3 rings (SSSR count). The molecule has 106 valence electrons. The number of para-hydroxylation sites is 1. The molecule has 0 fully saturated rings. The first-order valence-electron chi connectivity index (χ1n) is 6.46. The number of halogens is 1. The molecule has 0 radical (unpaired) electrons. The summed E-state index contributed by atoms with van der Waals surface area (Å²) in [6, 6.07) is 13.2. The van der Waals surface area contributed by atoms with Gasteiger partial charge in [-0.15, -0.1) is 0 Å². The average Bonchev–Trinajstić information content (AvgIpc) is 2.89. The summed E-state index contributed by atoms with van der Waals surface area (Å²) >= 11 is 0. The van der Waals surface area contributed by atoms with E-state index in [0.717, 1.165) is 5.39 Å². The first kappa shape index (κ1) is 13.3. The highest BCUT2D eigenvalue weighted by atomic mass is 19.1. The van der Waals surface area contributed by atoms with Gasteiger partial charge in [-0.25, -0.2) is 4.39 Å². The van der Waals surface area contributed by atoms with E-state index in [4.69, 9.17) is 9.26 Å². The summed E-state index contributed by atoms with van der Waals surface area (Å²) < 4.78 is 23.2. The molecule has 0 saturated carbocycles. The predicted octanol–water partition coefficient (Wildman–Crippen LogP) is 3.25. The predicted molar refractivity (Wildman–Crippen MR) is 73.9 cm³/mol. The number of ether oxygens (including phenoxy) is 1. The Balaban J connectivity index is 1.64. The Kier molecular flexibility index (Phi) is 3.64. The number of carbonyl (C=O) groups is 1. The Bertz CT molecular complexity index is 782. The van der Waals surface area contributed by atoms with E-state index in [9.17, 15) is 9.18 Å². The van der Waals surface area contributed by atoms with Crippen molar-refractivity contribution in [2.24, 2.45) is 0 Å². The van der Waals surface area contributed by atoms with Gasteiger partial charge >= 0.3 is 5.97 Å². The molecule has 0 bridgehead atoms. The van der Waals surface area contributed by atoms with Crippen LogP contribution in [0.1, 0.15) is 11.3 Å². The molecule has 5 heteroatoms. The van der Waals surface area contributed by atoms with E-state index in [1.54, 1.807) is 18.2 Å². The van der Waals surface area contributed by atoms with E-state index in [0.29, 0.717) is 16.8 Å². The molecule has 1 heterocycles. The summed E-state index contributed by atoms with van der Waals surface area (Å²) in [4.78, 5) is 11.8. The third-order valence-corrected chi connectivity index (χ3v) is 3.05. The normalized spacial score (nSPS) is 10.7. The van der Waals surface area contributed by atoms with Gasteiger partial charge in [-0.3, -0.25) is 4.79 Å². The van der Waals surface area contributed by atoms with Crippen molar-refractivity contribution < 1.29 is 18.4 Å². The number of esters is 1. The topological polar surface area (TPSA) is 52.3 Å². The largest absolute Gasteiger partial charge is 0.461 e.